The van der Waals surface area contributed by atoms with Crippen LogP contribution in [0.4, 0.5) is 0 Å². The molecule has 7 heteroatoms. The first kappa shape index (κ1) is 16.9. The topological polar surface area (TPSA) is 67.3 Å². The summed E-state index contributed by atoms with van der Waals surface area (Å²) in [7, 11) is -3.69. The standard InChI is InChI=1S/C19H16N2O3S2/c1-13-17(25-18(20-13)14-7-3-2-4-8-14)11-21-19(22)16-10-6-5-9-15(16)12-26(21,23)24/h2-10H,11-12H2,1H3. The zero-order valence-electron chi connectivity index (χ0n) is 14.0. The molecule has 3 aromatic rings. The maximum Gasteiger partial charge on any atom is 0.268 e. The number of aryl methyl sites for hydroxylation is 1. The third kappa shape index (κ3) is 2.93. The third-order valence-corrected chi connectivity index (χ3v) is 7.18. The third-order valence-electron chi connectivity index (χ3n) is 4.35. The Morgan fingerprint density at radius 3 is 2.54 bits per heavy atom. The molecule has 0 N–H and O–H groups in total. The molecule has 4 rings (SSSR count). The summed E-state index contributed by atoms with van der Waals surface area (Å²) in [5, 5.41) is 0.820. The van der Waals surface area contributed by atoms with Gasteiger partial charge in [0.25, 0.3) is 5.91 Å². The minimum Gasteiger partial charge on any atom is -0.268 e. The van der Waals surface area contributed by atoms with Crippen molar-refractivity contribution in [1.82, 2.24) is 9.29 Å². The Bertz CT molecular complexity index is 1090. The molecule has 5 nitrogen and oxygen atoms in total. The Kier molecular flexibility index (Phi) is 4.13. The molecule has 26 heavy (non-hydrogen) atoms. The molecule has 2 heterocycles. The van der Waals surface area contributed by atoms with E-state index in [9.17, 15) is 13.2 Å². The molecule has 2 aromatic carbocycles. The van der Waals surface area contributed by atoms with E-state index >= 15 is 0 Å². The first-order valence-corrected chi connectivity index (χ1v) is 10.5. The van der Waals surface area contributed by atoms with Crippen LogP contribution in [0.25, 0.3) is 10.6 Å². The number of carbonyl (C=O) groups is 1. The fraction of sp³-hybridized carbons (Fsp3) is 0.158. The van der Waals surface area contributed by atoms with Gasteiger partial charge in [-0.3, -0.25) is 4.79 Å². The van der Waals surface area contributed by atoms with E-state index in [1.165, 1.54) is 11.3 Å². The number of amides is 1. The molecule has 0 aliphatic carbocycles. The van der Waals surface area contributed by atoms with Gasteiger partial charge >= 0.3 is 0 Å². The zero-order chi connectivity index (χ0) is 18.3. The van der Waals surface area contributed by atoms with Crippen molar-refractivity contribution in [1.29, 1.82) is 0 Å². The highest BCUT2D eigenvalue weighted by Gasteiger charge is 2.36. The Labute approximate surface area is 156 Å². The van der Waals surface area contributed by atoms with Gasteiger partial charge in [-0.05, 0) is 18.6 Å². The smallest absolute Gasteiger partial charge is 0.268 e. The van der Waals surface area contributed by atoms with Gasteiger partial charge in [-0.15, -0.1) is 11.3 Å². The van der Waals surface area contributed by atoms with Crippen LogP contribution >= 0.6 is 11.3 Å². The summed E-state index contributed by atoms with van der Waals surface area (Å²) < 4.78 is 26.3. The van der Waals surface area contributed by atoms with E-state index in [-0.39, 0.29) is 12.3 Å². The molecule has 0 unspecified atom stereocenters. The van der Waals surface area contributed by atoms with Gasteiger partial charge in [0.1, 0.15) is 5.01 Å². The van der Waals surface area contributed by atoms with Gasteiger partial charge in [0.2, 0.25) is 10.0 Å². The van der Waals surface area contributed by atoms with E-state index in [1.807, 2.05) is 37.3 Å². The van der Waals surface area contributed by atoms with Crippen molar-refractivity contribution >= 4 is 27.3 Å². The number of benzene rings is 2. The van der Waals surface area contributed by atoms with E-state index in [4.69, 9.17) is 0 Å². The molecule has 0 radical (unpaired) electrons. The SMILES string of the molecule is Cc1nc(-c2ccccc2)sc1CN1C(=O)c2ccccc2CS1(=O)=O. The highest BCUT2D eigenvalue weighted by Crippen LogP contribution is 2.32. The van der Waals surface area contributed by atoms with Gasteiger partial charge in [-0.25, -0.2) is 17.7 Å². The van der Waals surface area contributed by atoms with Crippen molar-refractivity contribution in [3.63, 3.8) is 0 Å². The number of hydrogen-bond acceptors (Lipinski definition) is 5. The second-order valence-electron chi connectivity index (χ2n) is 6.12. The number of aromatic nitrogens is 1. The largest absolute Gasteiger partial charge is 0.268 e. The summed E-state index contributed by atoms with van der Waals surface area (Å²) in [6.07, 6.45) is 0. The minimum atomic E-state index is -3.69. The first-order valence-electron chi connectivity index (χ1n) is 8.10. The number of sulfonamides is 1. The predicted molar refractivity (Wildman–Crippen MR) is 101 cm³/mol. The predicted octanol–water partition coefficient (Wildman–Crippen LogP) is 3.60. The van der Waals surface area contributed by atoms with Crippen LogP contribution in [0.1, 0.15) is 26.5 Å². The average molecular weight is 384 g/mol. The fourth-order valence-electron chi connectivity index (χ4n) is 2.97. The summed E-state index contributed by atoms with van der Waals surface area (Å²) in [6.45, 7) is 1.86. The summed E-state index contributed by atoms with van der Waals surface area (Å²) in [5.41, 5.74) is 2.73. The van der Waals surface area contributed by atoms with Gasteiger partial charge in [0.05, 0.1) is 18.0 Å². The lowest BCUT2D eigenvalue weighted by Gasteiger charge is -2.27. The number of rotatable bonds is 3. The lowest BCUT2D eigenvalue weighted by Crippen LogP contribution is -2.41. The van der Waals surface area contributed by atoms with Crippen LogP contribution < -0.4 is 0 Å². The van der Waals surface area contributed by atoms with E-state index in [0.29, 0.717) is 11.1 Å². The summed E-state index contributed by atoms with van der Waals surface area (Å²) in [6, 6.07) is 16.6. The van der Waals surface area contributed by atoms with Crippen molar-refractivity contribution in [2.45, 2.75) is 19.2 Å². The Morgan fingerprint density at radius 1 is 1.08 bits per heavy atom. The molecular formula is C19H16N2O3S2. The van der Waals surface area contributed by atoms with Crippen LogP contribution in [0.2, 0.25) is 0 Å². The van der Waals surface area contributed by atoms with Crippen LogP contribution in [0.15, 0.2) is 54.6 Å². The molecule has 0 saturated carbocycles. The maximum absolute atomic E-state index is 12.8. The quantitative estimate of drug-likeness (QED) is 0.692. The lowest BCUT2D eigenvalue weighted by atomic mass is 10.1. The Morgan fingerprint density at radius 2 is 1.77 bits per heavy atom. The van der Waals surface area contributed by atoms with Crippen molar-refractivity contribution in [2.75, 3.05) is 0 Å². The van der Waals surface area contributed by atoms with Gasteiger partial charge in [-0.2, -0.15) is 0 Å². The van der Waals surface area contributed by atoms with Crippen LogP contribution in [0.3, 0.4) is 0 Å². The summed E-state index contributed by atoms with van der Waals surface area (Å²) >= 11 is 1.42. The molecule has 0 spiro atoms. The molecule has 0 saturated heterocycles. The van der Waals surface area contributed by atoms with Gasteiger partial charge in [-0.1, -0.05) is 48.5 Å². The minimum absolute atomic E-state index is 0.0197. The lowest BCUT2D eigenvalue weighted by molar-refractivity contribution is 0.0850. The second-order valence-corrected chi connectivity index (χ2v) is 9.10. The monoisotopic (exact) mass is 384 g/mol. The molecule has 0 atom stereocenters. The Balaban J connectivity index is 1.69. The molecule has 1 aromatic heterocycles. The average Bonchev–Trinajstić information content (AvgIpc) is 3.00. The van der Waals surface area contributed by atoms with Crippen LogP contribution in [0.5, 0.6) is 0 Å². The van der Waals surface area contributed by atoms with Crippen molar-refractivity contribution in [3.05, 3.63) is 76.3 Å². The fourth-order valence-corrected chi connectivity index (χ4v) is 5.59. The molecular weight excluding hydrogens is 368 g/mol. The van der Waals surface area contributed by atoms with Gasteiger partial charge in [0.15, 0.2) is 0 Å². The molecule has 0 bridgehead atoms. The van der Waals surface area contributed by atoms with Crippen LogP contribution in [-0.2, 0) is 22.3 Å². The highest BCUT2D eigenvalue weighted by atomic mass is 32.2. The molecule has 1 aliphatic rings. The van der Waals surface area contributed by atoms with E-state index in [2.05, 4.69) is 4.98 Å². The summed E-state index contributed by atoms with van der Waals surface area (Å²) in [5.74, 6) is -0.626. The first-order chi connectivity index (χ1) is 12.5. The van der Waals surface area contributed by atoms with Gasteiger partial charge < -0.3 is 0 Å². The molecule has 132 valence electrons. The Hall–Kier alpha value is -2.51. The van der Waals surface area contributed by atoms with E-state index in [1.54, 1.807) is 24.3 Å². The number of hydrogen-bond donors (Lipinski definition) is 0. The summed E-state index contributed by atoms with van der Waals surface area (Å²) in [4.78, 5) is 18.1. The van der Waals surface area contributed by atoms with Crippen LogP contribution in [-0.4, -0.2) is 23.6 Å². The number of carbonyl (C=O) groups excluding carboxylic acids is 1. The number of fused-ring (bicyclic) bond motifs is 1. The second kappa shape index (κ2) is 6.34. The van der Waals surface area contributed by atoms with E-state index < -0.39 is 15.9 Å². The number of nitrogens with zero attached hydrogens (tertiary/aromatic N) is 2. The van der Waals surface area contributed by atoms with E-state index in [0.717, 1.165) is 25.4 Å². The van der Waals surface area contributed by atoms with Crippen LogP contribution in [0, 0.1) is 6.92 Å². The number of thiazole rings is 1. The molecule has 1 aliphatic heterocycles. The van der Waals surface area contributed by atoms with Crippen molar-refractivity contribution in [3.8, 4) is 10.6 Å². The molecule has 0 fully saturated rings. The normalized spacial score (nSPS) is 15.7. The highest BCUT2D eigenvalue weighted by molar-refractivity contribution is 7.89. The molecule has 1 amide bonds. The van der Waals surface area contributed by atoms with Crippen molar-refractivity contribution < 1.29 is 13.2 Å². The maximum atomic E-state index is 12.8. The zero-order valence-corrected chi connectivity index (χ0v) is 15.7. The van der Waals surface area contributed by atoms with Gasteiger partial charge in [0, 0.05) is 16.0 Å². The van der Waals surface area contributed by atoms with Crippen molar-refractivity contribution in [2.24, 2.45) is 0 Å².